The van der Waals surface area contributed by atoms with Crippen LogP contribution in [0.5, 0.6) is 0 Å². The second-order valence-electron chi connectivity index (χ2n) is 6.24. The van der Waals surface area contributed by atoms with Gasteiger partial charge >= 0.3 is 6.01 Å². The third kappa shape index (κ3) is 3.14. The van der Waals surface area contributed by atoms with Gasteiger partial charge in [0.05, 0.1) is 6.20 Å². The number of nitrogens with zero attached hydrogens (tertiary/aromatic N) is 5. The molecule has 6 nitrogen and oxygen atoms in total. The Balaban J connectivity index is 1.44. The van der Waals surface area contributed by atoms with Crippen molar-refractivity contribution in [2.45, 2.75) is 12.8 Å². The van der Waals surface area contributed by atoms with E-state index in [4.69, 9.17) is 16.1 Å². The first-order valence-corrected chi connectivity index (χ1v) is 8.37. The van der Waals surface area contributed by atoms with Crippen molar-refractivity contribution in [3.8, 4) is 11.4 Å². The first-order valence-electron chi connectivity index (χ1n) is 7.99. The summed E-state index contributed by atoms with van der Waals surface area (Å²) in [4.78, 5) is 6.68. The molecular formula is C17H18ClN5O. The molecule has 1 unspecified atom stereocenters. The number of aromatic nitrogens is 4. The van der Waals surface area contributed by atoms with Gasteiger partial charge in [0.15, 0.2) is 0 Å². The third-order valence-electron chi connectivity index (χ3n) is 4.34. The first kappa shape index (κ1) is 15.2. The molecule has 0 saturated carbocycles. The Bertz CT molecular complexity index is 843. The molecule has 124 valence electrons. The predicted octanol–water partition coefficient (Wildman–Crippen LogP) is 3.19. The van der Waals surface area contributed by atoms with Gasteiger partial charge in [-0.15, -0.1) is 0 Å². The third-order valence-corrected chi connectivity index (χ3v) is 4.57. The lowest BCUT2D eigenvalue weighted by atomic mass is 10.0. The van der Waals surface area contributed by atoms with Crippen LogP contribution in [-0.4, -0.2) is 33.0 Å². The first-order chi connectivity index (χ1) is 11.7. The summed E-state index contributed by atoms with van der Waals surface area (Å²) < 4.78 is 7.30. The van der Waals surface area contributed by atoms with Crippen molar-refractivity contribution in [1.29, 1.82) is 0 Å². The monoisotopic (exact) mass is 343 g/mol. The Labute approximate surface area is 145 Å². The zero-order valence-corrected chi connectivity index (χ0v) is 14.1. The fourth-order valence-electron chi connectivity index (χ4n) is 3.17. The number of rotatable bonds is 4. The molecule has 0 radical (unpaired) electrons. The molecule has 0 N–H and O–H groups in total. The number of hydrogen-bond acceptors (Lipinski definition) is 5. The molecular weight excluding hydrogens is 326 g/mol. The molecule has 0 aliphatic carbocycles. The van der Waals surface area contributed by atoms with Crippen LogP contribution < -0.4 is 4.90 Å². The van der Waals surface area contributed by atoms with Gasteiger partial charge in [-0.3, -0.25) is 4.68 Å². The molecule has 1 saturated heterocycles. The molecule has 1 atom stereocenters. The number of benzene rings is 1. The Morgan fingerprint density at radius 2 is 2.29 bits per heavy atom. The fraction of sp³-hybridized carbons (Fsp3) is 0.353. The second kappa shape index (κ2) is 6.28. The van der Waals surface area contributed by atoms with Crippen molar-refractivity contribution in [2.24, 2.45) is 13.0 Å². The maximum atomic E-state index is 6.02. The minimum absolute atomic E-state index is 0.572. The summed E-state index contributed by atoms with van der Waals surface area (Å²) in [5.41, 5.74) is 2.14. The molecule has 1 fully saturated rings. The highest BCUT2D eigenvalue weighted by molar-refractivity contribution is 6.30. The highest BCUT2D eigenvalue weighted by Crippen LogP contribution is 2.27. The van der Waals surface area contributed by atoms with Crippen LogP contribution in [0.4, 0.5) is 6.01 Å². The van der Waals surface area contributed by atoms with Crippen molar-refractivity contribution in [3.63, 3.8) is 0 Å². The lowest BCUT2D eigenvalue weighted by molar-refractivity contribution is 0.417. The van der Waals surface area contributed by atoms with Crippen LogP contribution in [0.2, 0.25) is 5.02 Å². The molecule has 3 aromatic rings. The average Bonchev–Trinajstić information content (AvgIpc) is 3.28. The summed E-state index contributed by atoms with van der Waals surface area (Å²) in [6.07, 6.45) is 6.16. The quantitative estimate of drug-likeness (QED) is 0.728. The molecule has 0 spiro atoms. The van der Waals surface area contributed by atoms with E-state index in [1.165, 1.54) is 5.56 Å². The minimum atomic E-state index is 0.572. The van der Waals surface area contributed by atoms with E-state index in [-0.39, 0.29) is 0 Å². The number of anilines is 1. The van der Waals surface area contributed by atoms with E-state index in [1.54, 1.807) is 0 Å². The normalized spacial score (nSPS) is 17.6. The molecule has 1 aliphatic rings. The predicted molar refractivity (Wildman–Crippen MR) is 92.0 cm³/mol. The molecule has 3 heterocycles. The van der Waals surface area contributed by atoms with Crippen LogP contribution >= 0.6 is 11.6 Å². The Morgan fingerprint density at radius 1 is 1.38 bits per heavy atom. The number of halogens is 1. The lowest BCUT2D eigenvalue weighted by Crippen LogP contribution is -2.20. The van der Waals surface area contributed by atoms with E-state index in [2.05, 4.69) is 26.3 Å². The molecule has 4 rings (SSSR count). The van der Waals surface area contributed by atoms with Gasteiger partial charge in [-0.05, 0) is 36.5 Å². The van der Waals surface area contributed by atoms with Gasteiger partial charge in [-0.25, -0.2) is 0 Å². The SMILES string of the molecule is Cn1cc(CC2CCN(c3nc(-c4cccc(Cl)c4)no3)C2)cn1. The standard InChI is InChI=1S/C17H18ClN5O/c1-22-10-13(9-19-22)7-12-5-6-23(11-12)17-20-16(21-24-17)14-3-2-4-15(18)8-14/h2-4,8-10,12H,5-7,11H2,1H3. The highest BCUT2D eigenvalue weighted by Gasteiger charge is 2.27. The van der Waals surface area contributed by atoms with Crippen molar-refractivity contribution in [1.82, 2.24) is 19.9 Å². The zero-order chi connectivity index (χ0) is 16.5. The number of aryl methyl sites for hydroxylation is 1. The van der Waals surface area contributed by atoms with E-state index in [1.807, 2.05) is 42.2 Å². The van der Waals surface area contributed by atoms with E-state index >= 15 is 0 Å². The van der Waals surface area contributed by atoms with Crippen molar-refractivity contribution < 1.29 is 4.52 Å². The minimum Gasteiger partial charge on any atom is -0.324 e. The van der Waals surface area contributed by atoms with Gasteiger partial charge in [0.1, 0.15) is 0 Å². The summed E-state index contributed by atoms with van der Waals surface area (Å²) in [7, 11) is 1.94. The molecule has 1 aromatic carbocycles. The van der Waals surface area contributed by atoms with E-state index in [0.29, 0.717) is 22.8 Å². The van der Waals surface area contributed by atoms with Gasteiger partial charge in [-0.2, -0.15) is 10.1 Å². The molecule has 2 aromatic heterocycles. The summed E-state index contributed by atoms with van der Waals surface area (Å²) >= 11 is 6.02. The second-order valence-corrected chi connectivity index (χ2v) is 6.67. The summed E-state index contributed by atoms with van der Waals surface area (Å²) in [5.74, 6) is 1.15. The van der Waals surface area contributed by atoms with E-state index in [0.717, 1.165) is 31.5 Å². The fourth-order valence-corrected chi connectivity index (χ4v) is 3.36. The number of hydrogen-bond donors (Lipinski definition) is 0. The van der Waals surface area contributed by atoms with Gasteiger partial charge in [0.25, 0.3) is 0 Å². The lowest BCUT2D eigenvalue weighted by Gasteiger charge is -2.12. The largest absolute Gasteiger partial charge is 0.324 e. The average molecular weight is 344 g/mol. The molecule has 1 aliphatic heterocycles. The van der Waals surface area contributed by atoms with Crippen molar-refractivity contribution in [3.05, 3.63) is 47.2 Å². The van der Waals surface area contributed by atoms with Gasteiger partial charge in [0, 0.05) is 36.9 Å². The smallest absolute Gasteiger partial charge is 0.324 e. The highest BCUT2D eigenvalue weighted by atomic mass is 35.5. The van der Waals surface area contributed by atoms with Gasteiger partial charge < -0.3 is 9.42 Å². The molecule has 24 heavy (non-hydrogen) atoms. The Morgan fingerprint density at radius 3 is 3.08 bits per heavy atom. The molecule has 7 heteroatoms. The summed E-state index contributed by atoms with van der Waals surface area (Å²) in [6.45, 7) is 1.86. The summed E-state index contributed by atoms with van der Waals surface area (Å²) in [6, 6.07) is 8.06. The topological polar surface area (TPSA) is 60.0 Å². The van der Waals surface area contributed by atoms with E-state index < -0.39 is 0 Å². The molecule has 0 amide bonds. The van der Waals surface area contributed by atoms with Crippen LogP contribution in [0, 0.1) is 5.92 Å². The maximum absolute atomic E-state index is 6.02. The Kier molecular flexibility index (Phi) is 3.98. The summed E-state index contributed by atoms with van der Waals surface area (Å²) in [5, 5.41) is 8.98. The van der Waals surface area contributed by atoms with Gasteiger partial charge in [0.2, 0.25) is 5.82 Å². The van der Waals surface area contributed by atoms with Crippen LogP contribution in [0.3, 0.4) is 0 Å². The Hall–Kier alpha value is -2.34. The van der Waals surface area contributed by atoms with Crippen molar-refractivity contribution >= 4 is 17.6 Å². The van der Waals surface area contributed by atoms with E-state index in [9.17, 15) is 0 Å². The zero-order valence-electron chi connectivity index (χ0n) is 13.4. The maximum Gasteiger partial charge on any atom is 0.324 e. The van der Waals surface area contributed by atoms with Crippen LogP contribution in [0.25, 0.3) is 11.4 Å². The van der Waals surface area contributed by atoms with Crippen LogP contribution in [0.15, 0.2) is 41.2 Å². The van der Waals surface area contributed by atoms with Crippen LogP contribution in [-0.2, 0) is 13.5 Å². The van der Waals surface area contributed by atoms with Crippen molar-refractivity contribution in [2.75, 3.05) is 18.0 Å². The molecule has 0 bridgehead atoms. The van der Waals surface area contributed by atoms with Gasteiger partial charge in [-0.1, -0.05) is 28.9 Å². The van der Waals surface area contributed by atoms with Crippen LogP contribution in [0.1, 0.15) is 12.0 Å².